The molecule has 0 radical (unpaired) electrons. The van der Waals surface area contributed by atoms with Crippen LogP contribution in [0.2, 0.25) is 0 Å². The van der Waals surface area contributed by atoms with Crippen molar-refractivity contribution in [3.05, 3.63) is 0 Å². The first-order valence-electron chi connectivity index (χ1n) is 7.08. The van der Waals surface area contributed by atoms with Crippen molar-refractivity contribution in [2.45, 2.75) is 58.3 Å². The molecule has 8 heteroatoms. The Morgan fingerprint density at radius 2 is 2.05 bits per heavy atom. The van der Waals surface area contributed by atoms with Crippen LogP contribution in [0.1, 0.15) is 41.0 Å². The number of hydrazone groups is 1. The molecule has 2 aliphatic heterocycles. The summed E-state index contributed by atoms with van der Waals surface area (Å²) in [4.78, 5) is 36.9. The molecule has 0 spiro atoms. The zero-order chi connectivity index (χ0) is 16.7. The minimum atomic E-state index is -0.718. The summed E-state index contributed by atoms with van der Waals surface area (Å²) < 4.78 is 10.3. The summed E-state index contributed by atoms with van der Waals surface area (Å²) in [6, 6.07) is -0.718. The highest BCUT2D eigenvalue weighted by Crippen LogP contribution is 2.23. The SMILES string of the molecule is CC(C)(C)OC(=O)[C@H]1CC(C(=O)N2CC(C)(C)OC2=O)=NN1. The van der Waals surface area contributed by atoms with Gasteiger partial charge in [-0.05, 0) is 34.6 Å². The normalized spacial score (nSPS) is 23.7. The van der Waals surface area contributed by atoms with Crippen LogP contribution in [0.4, 0.5) is 4.79 Å². The van der Waals surface area contributed by atoms with Crippen molar-refractivity contribution in [3.63, 3.8) is 0 Å². The first-order chi connectivity index (χ1) is 9.98. The van der Waals surface area contributed by atoms with E-state index < -0.39 is 35.2 Å². The van der Waals surface area contributed by atoms with Gasteiger partial charge in [0.05, 0.1) is 6.54 Å². The van der Waals surface area contributed by atoms with E-state index in [9.17, 15) is 14.4 Å². The lowest BCUT2D eigenvalue weighted by Gasteiger charge is -2.21. The Labute approximate surface area is 128 Å². The molecule has 0 bridgehead atoms. The number of imide groups is 1. The number of hydrogen-bond donors (Lipinski definition) is 1. The molecule has 1 N–H and O–H groups in total. The van der Waals surface area contributed by atoms with E-state index >= 15 is 0 Å². The number of hydrogen-bond acceptors (Lipinski definition) is 7. The zero-order valence-electron chi connectivity index (χ0n) is 13.4. The molecule has 1 saturated heterocycles. The highest BCUT2D eigenvalue weighted by molar-refractivity contribution is 6.41. The van der Waals surface area contributed by atoms with E-state index in [1.54, 1.807) is 34.6 Å². The number of rotatable bonds is 2. The predicted molar refractivity (Wildman–Crippen MR) is 77.1 cm³/mol. The third kappa shape index (κ3) is 3.55. The van der Waals surface area contributed by atoms with Crippen LogP contribution in [0.15, 0.2) is 5.10 Å². The van der Waals surface area contributed by atoms with Crippen molar-refractivity contribution in [2.24, 2.45) is 5.10 Å². The first kappa shape index (κ1) is 16.3. The molecule has 1 fully saturated rings. The van der Waals surface area contributed by atoms with Crippen LogP contribution in [0.25, 0.3) is 0 Å². The van der Waals surface area contributed by atoms with Crippen molar-refractivity contribution < 1.29 is 23.9 Å². The van der Waals surface area contributed by atoms with Gasteiger partial charge >= 0.3 is 12.1 Å². The van der Waals surface area contributed by atoms with Crippen LogP contribution in [-0.4, -0.2) is 52.4 Å². The van der Waals surface area contributed by atoms with Gasteiger partial charge in [0.25, 0.3) is 5.91 Å². The van der Waals surface area contributed by atoms with E-state index in [0.29, 0.717) is 0 Å². The van der Waals surface area contributed by atoms with Crippen molar-refractivity contribution in [1.82, 2.24) is 10.3 Å². The fourth-order valence-corrected chi connectivity index (χ4v) is 2.16. The molecule has 1 atom stereocenters. The Hall–Kier alpha value is -2.12. The fourth-order valence-electron chi connectivity index (χ4n) is 2.16. The topological polar surface area (TPSA) is 97.3 Å². The highest BCUT2D eigenvalue weighted by Gasteiger charge is 2.44. The largest absolute Gasteiger partial charge is 0.458 e. The third-order valence-corrected chi connectivity index (χ3v) is 3.06. The molecule has 0 aromatic rings. The summed E-state index contributed by atoms with van der Waals surface area (Å²) in [6.45, 7) is 8.87. The highest BCUT2D eigenvalue weighted by atomic mass is 16.6. The summed E-state index contributed by atoms with van der Waals surface area (Å²) in [5, 5.41) is 3.86. The van der Waals surface area contributed by atoms with Gasteiger partial charge in [0.2, 0.25) is 0 Å². The van der Waals surface area contributed by atoms with Crippen LogP contribution in [0.5, 0.6) is 0 Å². The number of ether oxygens (including phenoxy) is 2. The molecular formula is C14H21N3O5. The van der Waals surface area contributed by atoms with Crippen LogP contribution >= 0.6 is 0 Å². The van der Waals surface area contributed by atoms with E-state index in [2.05, 4.69) is 10.5 Å². The quantitative estimate of drug-likeness (QED) is 0.758. The van der Waals surface area contributed by atoms with Crippen LogP contribution in [0, 0.1) is 0 Å². The first-order valence-corrected chi connectivity index (χ1v) is 7.08. The van der Waals surface area contributed by atoms with Crippen molar-refractivity contribution in [2.75, 3.05) is 6.54 Å². The maximum absolute atomic E-state index is 12.3. The van der Waals surface area contributed by atoms with E-state index in [0.717, 1.165) is 4.90 Å². The average Bonchev–Trinajstić information content (AvgIpc) is 2.90. The van der Waals surface area contributed by atoms with Gasteiger partial charge in [-0.25, -0.2) is 14.5 Å². The fraction of sp³-hybridized carbons (Fsp3) is 0.714. The van der Waals surface area contributed by atoms with Gasteiger partial charge in [-0.15, -0.1) is 0 Å². The second-order valence-corrected chi connectivity index (χ2v) is 7.00. The van der Waals surface area contributed by atoms with Gasteiger partial charge in [-0.2, -0.15) is 5.10 Å². The molecule has 2 heterocycles. The summed E-state index contributed by atoms with van der Waals surface area (Å²) in [7, 11) is 0. The molecule has 0 aromatic carbocycles. The lowest BCUT2D eigenvalue weighted by molar-refractivity contribution is -0.157. The standard InChI is InChI=1S/C14H21N3O5/c1-13(2,3)21-11(19)9-6-8(15-16-9)10(18)17-7-14(4,5)22-12(17)20/h9,16H,6-7H2,1-5H3/t9-/m1/s1. The average molecular weight is 311 g/mol. The van der Waals surface area contributed by atoms with E-state index in [-0.39, 0.29) is 18.7 Å². The number of carbonyl (C=O) groups excluding carboxylic acids is 3. The summed E-state index contributed by atoms with van der Waals surface area (Å²) in [5.41, 5.74) is 1.36. The summed E-state index contributed by atoms with van der Waals surface area (Å²) >= 11 is 0. The number of amides is 2. The molecule has 2 rings (SSSR count). The Balaban J connectivity index is 1.97. The Bertz CT molecular complexity index is 547. The number of nitrogens with zero attached hydrogens (tertiary/aromatic N) is 2. The molecule has 0 saturated carbocycles. The molecule has 2 amide bonds. The van der Waals surface area contributed by atoms with E-state index in [1.807, 2.05) is 0 Å². The minimum Gasteiger partial charge on any atom is -0.458 e. The Morgan fingerprint density at radius 1 is 1.41 bits per heavy atom. The second-order valence-electron chi connectivity index (χ2n) is 7.00. The van der Waals surface area contributed by atoms with Gasteiger partial charge in [0, 0.05) is 6.42 Å². The number of nitrogens with one attached hydrogen (secondary N) is 1. The molecule has 0 unspecified atom stereocenters. The van der Waals surface area contributed by atoms with Crippen molar-refractivity contribution in [3.8, 4) is 0 Å². The second kappa shape index (κ2) is 5.26. The molecule has 122 valence electrons. The molecular weight excluding hydrogens is 290 g/mol. The van der Waals surface area contributed by atoms with Gasteiger partial charge in [-0.3, -0.25) is 10.2 Å². The summed E-state index contributed by atoms with van der Waals surface area (Å²) in [6.07, 6.45) is -0.615. The smallest absolute Gasteiger partial charge is 0.417 e. The van der Waals surface area contributed by atoms with Gasteiger partial charge in [0.15, 0.2) is 0 Å². The lowest BCUT2D eigenvalue weighted by Crippen LogP contribution is -2.40. The van der Waals surface area contributed by atoms with E-state index in [4.69, 9.17) is 9.47 Å². The summed E-state index contributed by atoms with van der Waals surface area (Å²) in [5.74, 6) is -1.03. The predicted octanol–water partition coefficient (Wildman–Crippen LogP) is 0.803. The molecule has 0 aromatic heterocycles. The number of carbonyl (C=O) groups is 3. The Kier molecular flexibility index (Phi) is 3.88. The maximum atomic E-state index is 12.3. The van der Waals surface area contributed by atoms with Gasteiger partial charge in [0.1, 0.15) is 23.0 Å². The monoisotopic (exact) mass is 311 g/mol. The maximum Gasteiger partial charge on any atom is 0.417 e. The van der Waals surface area contributed by atoms with Crippen molar-refractivity contribution in [1.29, 1.82) is 0 Å². The van der Waals surface area contributed by atoms with Crippen LogP contribution in [0.3, 0.4) is 0 Å². The lowest BCUT2D eigenvalue weighted by atomic mass is 10.1. The molecule has 0 aliphatic carbocycles. The number of esters is 1. The third-order valence-electron chi connectivity index (χ3n) is 3.06. The molecule has 22 heavy (non-hydrogen) atoms. The molecule has 2 aliphatic rings. The van der Waals surface area contributed by atoms with Gasteiger partial charge in [-0.1, -0.05) is 0 Å². The van der Waals surface area contributed by atoms with Gasteiger partial charge < -0.3 is 9.47 Å². The van der Waals surface area contributed by atoms with Crippen LogP contribution in [-0.2, 0) is 19.1 Å². The van der Waals surface area contributed by atoms with Crippen LogP contribution < -0.4 is 5.43 Å². The Morgan fingerprint density at radius 3 is 2.55 bits per heavy atom. The molecule has 8 nitrogen and oxygen atoms in total. The minimum absolute atomic E-state index is 0.0813. The zero-order valence-corrected chi connectivity index (χ0v) is 13.4. The van der Waals surface area contributed by atoms with Crippen molar-refractivity contribution >= 4 is 23.7 Å². The number of cyclic esters (lactones) is 1. The van der Waals surface area contributed by atoms with E-state index in [1.165, 1.54) is 0 Å².